The number of methoxy groups -OCH3 is 1. The normalized spacial score (nSPS) is 12.0. The summed E-state index contributed by atoms with van der Waals surface area (Å²) in [6.45, 7) is 5.54. The number of carbonyl (C=O) groups is 1. The third-order valence-corrected chi connectivity index (χ3v) is 5.39. The number of hydrogen-bond donors (Lipinski definition) is 1. The Morgan fingerprint density at radius 3 is 2.44 bits per heavy atom. The molecular weight excluding hydrogens is 408 g/mol. The van der Waals surface area contributed by atoms with Gasteiger partial charge in [0.15, 0.2) is 5.52 Å². The minimum absolute atomic E-state index is 0.143. The van der Waals surface area contributed by atoms with E-state index in [1.165, 1.54) is 4.68 Å². The number of rotatable bonds is 6. The van der Waals surface area contributed by atoms with E-state index in [2.05, 4.69) is 15.6 Å². The van der Waals surface area contributed by atoms with Crippen LogP contribution in [0.1, 0.15) is 30.7 Å². The largest absolute Gasteiger partial charge is 0.497 e. The number of hydrogen-bond acceptors (Lipinski definition) is 6. The van der Waals surface area contributed by atoms with E-state index in [-0.39, 0.29) is 11.4 Å². The average molecular weight is 432 g/mol. The molecule has 0 bridgehead atoms. The van der Waals surface area contributed by atoms with E-state index >= 15 is 0 Å². The van der Waals surface area contributed by atoms with Gasteiger partial charge in [-0.3, -0.25) is 9.59 Å². The molecule has 164 valence electrons. The Kier molecular flexibility index (Phi) is 5.77. The summed E-state index contributed by atoms with van der Waals surface area (Å²) in [6.07, 6.45) is 0.370. The Labute approximate surface area is 184 Å². The fourth-order valence-corrected chi connectivity index (χ4v) is 3.60. The van der Waals surface area contributed by atoms with E-state index in [4.69, 9.17) is 9.26 Å². The number of benzene rings is 2. The Morgan fingerprint density at radius 1 is 1.12 bits per heavy atom. The predicted octanol–water partition coefficient (Wildman–Crippen LogP) is 4.27. The molecule has 1 N–H and O–H groups in total. The second kappa shape index (κ2) is 8.66. The van der Waals surface area contributed by atoms with Crippen LogP contribution in [0.5, 0.6) is 5.75 Å². The molecule has 8 heteroatoms. The highest BCUT2D eigenvalue weighted by Gasteiger charge is 2.26. The van der Waals surface area contributed by atoms with Gasteiger partial charge in [-0.15, -0.1) is 0 Å². The fourth-order valence-electron chi connectivity index (χ4n) is 3.60. The molecule has 0 saturated heterocycles. The molecule has 0 aliphatic carbocycles. The van der Waals surface area contributed by atoms with Gasteiger partial charge in [0.1, 0.15) is 23.2 Å². The molecule has 0 fully saturated rings. The zero-order chi connectivity index (χ0) is 22.8. The van der Waals surface area contributed by atoms with E-state index in [0.29, 0.717) is 34.7 Å². The van der Waals surface area contributed by atoms with Crippen molar-refractivity contribution in [2.45, 2.75) is 33.2 Å². The molecule has 2 aromatic carbocycles. The smallest absolute Gasteiger partial charge is 0.297 e. The van der Waals surface area contributed by atoms with Gasteiger partial charge in [0.2, 0.25) is 5.91 Å². The van der Waals surface area contributed by atoms with Crippen molar-refractivity contribution in [3.8, 4) is 17.0 Å². The lowest BCUT2D eigenvalue weighted by Crippen LogP contribution is -2.35. The van der Waals surface area contributed by atoms with Gasteiger partial charge in [0.05, 0.1) is 12.5 Å². The highest BCUT2D eigenvalue weighted by Crippen LogP contribution is 2.29. The average Bonchev–Trinajstić information content (AvgIpc) is 3.19. The second-order valence-electron chi connectivity index (χ2n) is 7.57. The lowest BCUT2D eigenvalue weighted by atomic mass is 10.1. The number of ether oxygens (including phenoxy) is 1. The standard InChI is InChI=1S/C24H24N4O4/c1-5-19(23(29)25-17-10-6-14(2)7-11-17)28-24(30)22-20(15(3)32-27-22)21(26-28)16-8-12-18(31-4)13-9-16/h6-13,19H,5H2,1-4H3,(H,25,29)/t19-/m0/s1. The molecule has 8 nitrogen and oxygen atoms in total. The second-order valence-corrected chi connectivity index (χ2v) is 7.57. The van der Waals surface area contributed by atoms with Crippen molar-refractivity contribution >= 4 is 22.5 Å². The molecule has 1 amide bonds. The lowest BCUT2D eigenvalue weighted by molar-refractivity contribution is -0.119. The van der Waals surface area contributed by atoms with Crippen LogP contribution in [0.4, 0.5) is 5.69 Å². The van der Waals surface area contributed by atoms with Gasteiger partial charge in [-0.25, -0.2) is 4.68 Å². The van der Waals surface area contributed by atoms with Crippen molar-refractivity contribution in [2.75, 3.05) is 12.4 Å². The number of nitrogens with zero attached hydrogens (tertiary/aromatic N) is 3. The highest BCUT2D eigenvalue weighted by molar-refractivity contribution is 5.95. The maximum absolute atomic E-state index is 13.2. The molecule has 1 atom stereocenters. The topological polar surface area (TPSA) is 99.2 Å². The van der Waals surface area contributed by atoms with Crippen molar-refractivity contribution in [1.29, 1.82) is 0 Å². The first-order chi connectivity index (χ1) is 15.4. The zero-order valence-electron chi connectivity index (χ0n) is 18.4. The Bertz CT molecular complexity index is 1320. The quantitative estimate of drug-likeness (QED) is 0.489. The number of nitrogens with one attached hydrogen (secondary N) is 1. The molecule has 0 aliphatic heterocycles. The Hall–Kier alpha value is -3.94. The minimum Gasteiger partial charge on any atom is -0.497 e. The van der Waals surface area contributed by atoms with Crippen LogP contribution in [0.25, 0.3) is 22.2 Å². The van der Waals surface area contributed by atoms with Crippen LogP contribution in [-0.2, 0) is 4.79 Å². The number of fused-ring (bicyclic) bond motifs is 1. The monoisotopic (exact) mass is 432 g/mol. The summed E-state index contributed by atoms with van der Waals surface area (Å²) < 4.78 is 11.7. The van der Waals surface area contributed by atoms with E-state index in [1.54, 1.807) is 14.0 Å². The molecule has 0 radical (unpaired) electrons. The SMILES string of the molecule is CC[C@@H](C(=O)Nc1ccc(C)cc1)n1nc(-c2ccc(OC)cc2)c2c(C)onc2c1=O. The van der Waals surface area contributed by atoms with Crippen molar-refractivity contribution in [1.82, 2.24) is 14.9 Å². The van der Waals surface area contributed by atoms with Gasteiger partial charge >= 0.3 is 0 Å². The number of aromatic nitrogens is 3. The van der Waals surface area contributed by atoms with Crippen molar-refractivity contribution in [2.24, 2.45) is 0 Å². The van der Waals surface area contributed by atoms with Gasteiger partial charge in [0, 0.05) is 11.3 Å². The third kappa shape index (κ3) is 3.87. The van der Waals surface area contributed by atoms with Crippen LogP contribution in [-0.4, -0.2) is 28.0 Å². The lowest BCUT2D eigenvalue weighted by Gasteiger charge is -2.18. The Morgan fingerprint density at radius 2 is 1.81 bits per heavy atom. The van der Waals surface area contributed by atoms with Crippen LogP contribution in [0.15, 0.2) is 57.8 Å². The van der Waals surface area contributed by atoms with Crippen molar-refractivity contribution in [3.63, 3.8) is 0 Å². The van der Waals surface area contributed by atoms with Gasteiger partial charge in [0.25, 0.3) is 5.56 Å². The molecule has 0 spiro atoms. The van der Waals surface area contributed by atoms with E-state index in [9.17, 15) is 9.59 Å². The van der Waals surface area contributed by atoms with E-state index in [0.717, 1.165) is 11.1 Å². The maximum atomic E-state index is 13.2. The molecule has 2 aromatic heterocycles. The van der Waals surface area contributed by atoms with Gasteiger partial charge in [-0.05, 0) is 56.7 Å². The van der Waals surface area contributed by atoms with Crippen LogP contribution >= 0.6 is 0 Å². The molecular formula is C24H24N4O4. The first kappa shape index (κ1) is 21.3. The molecule has 0 unspecified atom stereocenters. The third-order valence-electron chi connectivity index (χ3n) is 5.39. The predicted molar refractivity (Wildman–Crippen MR) is 122 cm³/mol. The van der Waals surface area contributed by atoms with Gasteiger partial charge in [-0.1, -0.05) is 29.8 Å². The van der Waals surface area contributed by atoms with Gasteiger partial charge < -0.3 is 14.6 Å². The molecule has 32 heavy (non-hydrogen) atoms. The van der Waals surface area contributed by atoms with Crippen molar-refractivity contribution < 1.29 is 14.1 Å². The first-order valence-corrected chi connectivity index (χ1v) is 10.3. The zero-order valence-corrected chi connectivity index (χ0v) is 18.4. The maximum Gasteiger partial charge on any atom is 0.297 e. The van der Waals surface area contributed by atoms with Crippen LogP contribution < -0.4 is 15.6 Å². The number of carbonyl (C=O) groups excluding carboxylic acids is 1. The summed E-state index contributed by atoms with van der Waals surface area (Å²) in [4.78, 5) is 26.3. The van der Waals surface area contributed by atoms with Gasteiger partial charge in [-0.2, -0.15) is 5.10 Å². The summed E-state index contributed by atoms with van der Waals surface area (Å²) in [5, 5.41) is 12.0. The number of anilines is 1. The van der Waals surface area contributed by atoms with Crippen LogP contribution in [0.3, 0.4) is 0 Å². The van der Waals surface area contributed by atoms with Crippen LogP contribution in [0, 0.1) is 13.8 Å². The minimum atomic E-state index is -0.817. The van der Waals surface area contributed by atoms with E-state index < -0.39 is 11.6 Å². The first-order valence-electron chi connectivity index (χ1n) is 10.3. The molecule has 4 rings (SSSR count). The Balaban J connectivity index is 1.81. The van der Waals surface area contributed by atoms with Crippen molar-refractivity contribution in [3.05, 3.63) is 70.2 Å². The molecule has 0 saturated carbocycles. The molecule has 2 heterocycles. The fraction of sp³-hybridized carbons (Fsp3) is 0.250. The summed E-state index contributed by atoms with van der Waals surface area (Å²) in [5.74, 6) is 0.857. The van der Waals surface area contributed by atoms with E-state index in [1.807, 2.05) is 62.4 Å². The number of amides is 1. The summed E-state index contributed by atoms with van der Waals surface area (Å²) in [6, 6.07) is 13.9. The summed E-state index contributed by atoms with van der Waals surface area (Å²) in [5.41, 5.74) is 2.68. The highest BCUT2D eigenvalue weighted by atomic mass is 16.5. The molecule has 0 aliphatic rings. The number of aryl methyl sites for hydroxylation is 2. The summed E-state index contributed by atoms with van der Waals surface area (Å²) in [7, 11) is 1.59. The summed E-state index contributed by atoms with van der Waals surface area (Å²) >= 11 is 0. The molecule has 4 aromatic rings. The van der Waals surface area contributed by atoms with Crippen LogP contribution in [0.2, 0.25) is 0 Å².